The molecule has 0 unspecified atom stereocenters. The molecule has 0 aromatic carbocycles. The summed E-state index contributed by atoms with van der Waals surface area (Å²) in [6.45, 7) is 5.84. The monoisotopic (exact) mass is 269 g/mol. The van der Waals surface area contributed by atoms with Crippen LogP contribution >= 0.6 is 0 Å². The number of carbonyl (C=O) groups excluding carboxylic acids is 1. The first-order valence-electron chi connectivity index (χ1n) is 6.43. The Kier molecular flexibility index (Phi) is 7.14. The van der Waals surface area contributed by atoms with Gasteiger partial charge in [-0.3, -0.25) is 9.69 Å². The third-order valence-corrected chi connectivity index (χ3v) is 3.05. The fourth-order valence-corrected chi connectivity index (χ4v) is 1.80. The first-order valence-corrected chi connectivity index (χ1v) is 6.43. The second kappa shape index (κ2) is 8.66. The lowest BCUT2D eigenvalue weighted by Crippen LogP contribution is -2.33. The van der Waals surface area contributed by atoms with Gasteiger partial charge in [-0.25, -0.2) is 4.98 Å². The minimum absolute atomic E-state index is 0.179. The van der Waals surface area contributed by atoms with Crippen molar-refractivity contribution in [3.8, 4) is 0 Å². The van der Waals surface area contributed by atoms with Gasteiger partial charge in [-0.1, -0.05) is 0 Å². The first kappa shape index (κ1) is 15.7. The Labute approximate surface area is 114 Å². The highest BCUT2D eigenvalue weighted by Crippen LogP contribution is 1.99. The van der Waals surface area contributed by atoms with Crippen LogP contribution in [0.15, 0.2) is 12.4 Å². The van der Waals surface area contributed by atoms with Crippen LogP contribution in [0.25, 0.3) is 0 Å². The summed E-state index contributed by atoms with van der Waals surface area (Å²) in [5.41, 5.74) is 0. The summed E-state index contributed by atoms with van der Waals surface area (Å²) in [6.07, 6.45) is 4.16. The van der Waals surface area contributed by atoms with Crippen molar-refractivity contribution in [1.82, 2.24) is 14.5 Å². The van der Waals surface area contributed by atoms with E-state index in [2.05, 4.69) is 19.2 Å². The number of imidazole rings is 1. The van der Waals surface area contributed by atoms with Gasteiger partial charge in [0.15, 0.2) is 0 Å². The average Bonchev–Trinajstić information content (AvgIpc) is 2.83. The fraction of sp³-hybridized carbons (Fsp3) is 0.692. The molecule has 1 aromatic rings. The molecule has 108 valence electrons. The molecule has 1 heterocycles. The van der Waals surface area contributed by atoms with Crippen LogP contribution in [0.1, 0.15) is 12.2 Å². The van der Waals surface area contributed by atoms with Gasteiger partial charge in [0, 0.05) is 45.7 Å². The van der Waals surface area contributed by atoms with E-state index in [9.17, 15) is 4.79 Å². The summed E-state index contributed by atoms with van der Waals surface area (Å²) in [7, 11) is 3.09. The highest BCUT2D eigenvalue weighted by Gasteiger charge is 2.09. The van der Waals surface area contributed by atoms with Gasteiger partial charge in [-0.15, -0.1) is 0 Å². The third kappa shape index (κ3) is 5.85. The number of aromatic nitrogens is 2. The maximum Gasteiger partial charge on any atom is 0.306 e. The van der Waals surface area contributed by atoms with Gasteiger partial charge in [0.2, 0.25) is 0 Å². The zero-order valence-electron chi connectivity index (χ0n) is 12.0. The van der Waals surface area contributed by atoms with E-state index in [1.807, 2.05) is 13.1 Å². The standard InChI is InChI=1S/C13H23N3O3/c1-12-14-5-7-16(12)9-8-15(10-11-18-2)6-4-13(17)19-3/h5,7H,4,6,8-11H2,1-3H3. The lowest BCUT2D eigenvalue weighted by Gasteiger charge is -2.21. The van der Waals surface area contributed by atoms with Crippen LogP contribution in [-0.4, -0.2) is 60.9 Å². The Morgan fingerprint density at radius 3 is 2.74 bits per heavy atom. The minimum atomic E-state index is -0.179. The van der Waals surface area contributed by atoms with E-state index in [1.54, 1.807) is 13.3 Å². The van der Waals surface area contributed by atoms with Crippen molar-refractivity contribution in [2.24, 2.45) is 0 Å². The zero-order chi connectivity index (χ0) is 14.1. The average molecular weight is 269 g/mol. The molecular formula is C13H23N3O3. The van der Waals surface area contributed by atoms with Crippen LogP contribution in [-0.2, 0) is 20.8 Å². The van der Waals surface area contributed by atoms with Crippen LogP contribution in [0.5, 0.6) is 0 Å². The number of ether oxygens (including phenoxy) is 2. The highest BCUT2D eigenvalue weighted by atomic mass is 16.5. The van der Waals surface area contributed by atoms with E-state index >= 15 is 0 Å². The van der Waals surface area contributed by atoms with E-state index in [0.717, 1.165) is 25.5 Å². The van der Waals surface area contributed by atoms with Crippen LogP contribution in [0.4, 0.5) is 0 Å². The molecule has 0 radical (unpaired) electrons. The van der Waals surface area contributed by atoms with E-state index in [1.165, 1.54) is 7.11 Å². The number of carbonyl (C=O) groups is 1. The lowest BCUT2D eigenvalue weighted by atomic mass is 10.3. The molecular weight excluding hydrogens is 246 g/mol. The van der Waals surface area contributed by atoms with Gasteiger partial charge in [-0.05, 0) is 6.92 Å². The Morgan fingerprint density at radius 2 is 2.16 bits per heavy atom. The van der Waals surface area contributed by atoms with Crippen molar-refractivity contribution in [3.63, 3.8) is 0 Å². The molecule has 1 rings (SSSR count). The van der Waals surface area contributed by atoms with Crippen molar-refractivity contribution in [3.05, 3.63) is 18.2 Å². The van der Waals surface area contributed by atoms with Crippen molar-refractivity contribution in [2.75, 3.05) is 40.5 Å². The summed E-state index contributed by atoms with van der Waals surface area (Å²) in [4.78, 5) is 17.6. The Hall–Kier alpha value is -1.40. The van der Waals surface area contributed by atoms with Gasteiger partial charge >= 0.3 is 5.97 Å². The predicted molar refractivity (Wildman–Crippen MR) is 71.9 cm³/mol. The predicted octanol–water partition coefficient (Wildman–Crippen LogP) is 0.703. The molecule has 0 aliphatic carbocycles. The highest BCUT2D eigenvalue weighted by molar-refractivity contribution is 5.69. The maximum absolute atomic E-state index is 11.2. The van der Waals surface area contributed by atoms with E-state index in [4.69, 9.17) is 4.74 Å². The SMILES string of the molecule is COCCN(CCC(=O)OC)CCn1ccnc1C. The zero-order valence-corrected chi connectivity index (χ0v) is 12.0. The molecule has 0 spiro atoms. The van der Waals surface area contributed by atoms with E-state index < -0.39 is 0 Å². The molecule has 0 N–H and O–H groups in total. The molecule has 0 bridgehead atoms. The number of rotatable bonds is 9. The van der Waals surface area contributed by atoms with Crippen LogP contribution < -0.4 is 0 Å². The van der Waals surface area contributed by atoms with Crippen LogP contribution in [0, 0.1) is 6.92 Å². The van der Waals surface area contributed by atoms with Crippen molar-refractivity contribution >= 4 is 5.97 Å². The molecule has 0 atom stereocenters. The minimum Gasteiger partial charge on any atom is -0.469 e. The number of aryl methyl sites for hydroxylation is 1. The number of hydrogen-bond acceptors (Lipinski definition) is 5. The molecule has 0 amide bonds. The topological polar surface area (TPSA) is 56.6 Å². The maximum atomic E-state index is 11.2. The molecule has 6 heteroatoms. The Balaban J connectivity index is 2.40. The summed E-state index contributed by atoms with van der Waals surface area (Å²) in [6, 6.07) is 0. The quantitative estimate of drug-likeness (QED) is 0.618. The number of hydrogen-bond donors (Lipinski definition) is 0. The number of esters is 1. The molecule has 0 saturated carbocycles. The third-order valence-electron chi connectivity index (χ3n) is 3.05. The second-order valence-corrected chi connectivity index (χ2v) is 4.33. The lowest BCUT2D eigenvalue weighted by molar-refractivity contribution is -0.141. The fourth-order valence-electron chi connectivity index (χ4n) is 1.80. The molecule has 19 heavy (non-hydrogen) atoms. The molecule has 0 saturated heterocycles. The smallest absolute Gasteiger partial charge is 0.306 e. The van der Waals surface area contributed by atoms with E-state index in [-0.39, 0.29) is 5.97 Å². The van der Waals surface area contributed by atoms with Gasteiger partial charge in [0.1, 0.15) is 5.82 Å². The first-order chi connectivity index (χ1) is 9.17. The van der Waals surface area contributed by atoms with Crippen molar-refractivity contribution < 1.29 is 14.3 Å². The number of nitrogens with zero attached hydrogens (tertiary/aromatic N) is 3. The van der Waals surface area contributed by atoms with Crippen molar-refractivity contribution in [2.45, 2.75) is 19.9 Å². The summed E-state index contributed by atoms with van der Waals surface area (Å²) in [5, 5.41) is 0. The molecule has 1 aromatic heterocycles. The summed E-state index contributed by atoms with van der Waals surface area (Å²) < 4.78 is 11.8. The van der Waals surface area contributed by atoms with Gasteiger partial charge in [0.05, 0.1) is 20.1 Å². The normalized spacial score (nSPS) is 10.9. The van der Waals surface area contributed by atoms with Crippen LogP contribution in [0.3, 0.4) is 0 Å². The molecule has 0 aliphatic heterocycles. The second-order valence-electron chi connectivity index (χ2n) is 4.33. The molecule has 0 fully saturated rings. The Bertz CT molecular complexity index is 379. The van der Waals surface area contributed by atoms with Gasteiger partial charge < -0.3 is 14.0 Å². The number of methoxy groups -OCH3 is 2. The molecule has 0 aliphatic rings. The van der Waals surface area contributed by atoms with Crippen molar-refractivity contribution in [1.29, 1.82) is 0 Å². The van der Waals surface area contributed by atoms with E-state index in [0.29, 0.717) is 19.6 Å². The summed E-state index contributed by atoms with van der Waals surface area (Å²) >= 11 is 0. The van der Waals surface area contributed by atoms with Gasteiger partial charge in [0.25, 0.3) is 0 Å². The largest absolute Gasteiger partial charge is 0.469 e. The molecule has 6 nitrogen and oxygen atoms in total. The van der Waals surface area contributed by atoms with Gasteiger partial charge in [-0.2, -0.15) is 0 Å². The van der Waals surface area contributed by atoms with Crippen LogP contribution in [0.2, 0.25) is 0 Å². The Morgan fingerprint density at radius 1 is 1.37 bits per heavy atom. The summed E-state index contributed by atoms with van der Waals surface area (Å²) in [5.74, 6) is 0.820.